The van der Waals surface area contributed by atoms with Crippen molar-refractivity contribution in [2.24, 2.45) is 0 Å². The number of ether oxygens (including phenoxy) is 1. The van der Waals surface area contributed by atoms with E-state index in [9.17, 15) is 14.7 Å². The molecule has 2 aromatic rings. The number of phenols is 1. The SMILES string of the molecule is CCCc1c(CSc2nnc(SCCCCCC(=O)OCC)s2)ccc(C(C)=O)c1O. The third kappa shape index (κ3) is 8.46. The van der Waals surface area contributed by atoms with E-state index in [4.69, 9.17) is 4.74 Å². The number of rotatable bonds is 14. The Balaban J connectivity index is 1.81. The molecule has 1 heterocycles. The zero-order valence-corrected chi connectivity index (χ0v) is 20.8. The quantitative estimate of drug-likeness (QED) is 0.154. The molecule has 170 valence electrons. The monoisotopic (exact) mass is 482 g/mol. The predicted octanol–water partition coefficient (Wildman–Crippen LogP) is 5.91. The number of unbranched alkanes of at least 4 members (excludes halogenated alkanes) is 2. The Morgan fingerprint density at radius 1 is 1.10 bits per heavy atom. The average Bonchev–Trinajstić information content (AvgIpc) is 3.18. The van der Waals surface area contributed by atoms with Crippen LogP contribution in [0.3, 0.4) is 0 Å². The van der Waals surface area contributed by atoms with Crippen molar-refractivity contribution in [2.75, 3.05) is 12.4 Å². The summed E-state index contributed by atoms with van der Waals surface area (Å²) < 4.78 is 6.76. The molecule has 0 amide bonds. The van der Waals surface area contributed by atoms with Gasteiger partial charge in [0, 0.05) is 17.9 Å². The molecule has 1 aromatic heterocycles. The number of phenolic OH excluding ortho intramolecular Hbond substituents is 1. The van der Waals surface area contributed by atoms with Gasteiger partial charge in [0.1, 0.15) is 5.75 Å². The lowest BCUT2D eigenvalue weighted by Crippen LogP contribution is -2.03. The third-order valence-electron chi connectivity index (χ3n) is 4.55. The number of Topliss-reactive ketones (excluding diaryl/α,β-unsaturated/α-hetero) is 1. The van der Waals surface area contributed by atoms with Crippen molar-refractivity contribution in [2.45, 2.75) is 73.7 Å². The van der Waals surface area contributed by atoms with Gasteiger partial charge in [0.05, 0.1) is 12.2 Å². The molecule has 6 nitrogen and oxygen atoms in total. The number of aromatic hydroxyl groups is 1. The number of carbonyl (C=O) groups is 2. The second-order valence-electron chi connectivity index (χ2n) is 6.99. The van der Waals surface area contributed by atoms with Gasteiger partial charge in [-0.1, -0.05) is 60.7 Å². The fraction of sp³-hybridized carbons (Fsp3) is 0.545. The summed E-state index contributed by atoms with van der Waals surface area (Å²) in [4.78, 5) is 23.0. The van der Waals surface area contributed by atoms with E-state index in [-0.39, 0.29) is 17.5 Å². The van der Waals surface area contributed by atoms with Gasteiger partial charge in [-0.2, -0.15) is 0 Å². The summed E-state index contributed by atoms with van der Waals surface area (Å²) >= 11 is 4.86. The number of ketones is 1. The maximum absolute atomic E-state index is 11.7. The minimum atomic E-state index is -0.124. The van der Waals surface area contributed by atoms with Crippen molar-refractivity contribution in [3.05, 3.63) is 28.8 Å². The van der Waals surface area contributed by atoms with Crippen molar-refractivity contribution in [1.82, 2.24) is 10.2 Å². The molecule has 0 aliphatic rings. The number of carbonyl (C=O) groups excluding carboxylic acids is 2. The normalized spacial score (nSPS) is 10.9. The lowest BCUT2D eigenvalue weighted by Gasteiger charge is -2.12. The number of aromatic nitrogens is 2. The van der Waals surface area contributed by atoms with Crippen LogP contribution in [0, 0.1) is 0 Å². The van der Waals surface area contributed by atoms with Crippen molar-refractivity contribution in [1.29, 1.82) is 0 Å². The Labute approximate surface area is 196 Å². The number of thioether (sulfide) groups is 2. The van der Waals surface area contributed by atoms with Crippen LogP contribution >= 0.6 is 34.9 Å². The Bertz CT molecular complexity index is 870. The summed E-state index contributed by atoms with van der Waals surface area (Å²) in [7, 11) is 0. The zero-order chi connectivity index (χ0) is 22.6. The van der Waals surface area contributed by atoms with Gasteiger partial charge >= 0.3 is 5.97 Å². The average molecular weight is 483 g/mol. The van der Waals surface area contributed by atoms with E-state index in [0.717, 1.165) is 57.7 Å². The van der Waals surface area contributed by atoms with Crippen molar-refractivity contribution in [3.8, 4) is 5.75 Å². The van der Waals surface area contributed by atoms with Gasteiger partial charge < -0.3 is 9.84 Å². The van der Waals surface area contributed by atoms with E-state index < -0.39 is 0 Å². The number of esters is 1. The maximum Gasteiger partial charge on any atom is 0.305 e. The molecule has 1 aromatic carbocycles. The number of nitrogens with zero attached hydrogens (tertiary/aromatic N) is 2. The van der Waals surface area contributed by atoms with Crippen LogP contribution in [0.1, 0.15) is 74.4 Å². The van der Waals surface area contributed by atoms with Gasteiger partial charge in [-0.05, 0) is 50.3 Å². The Kier molecular flexibility index (Phi) is 11.4. The summed E-state index contributed by atoms with van der Waals surface area (Å²) in [5.41, 5.74) is 2.26. The second kappa shape index (κ2) is 13.8. The van der Waals surface area contributed by atoms with Crippen molar-refractivity contribution in [3.63, 3.8) is 0 Å². The Morgan fingerprint density at radius 3 is 2.52 bits per heavy atom. The van der Waals surface area contributed by atoms with Gasteiger partial charge in [-0.25, -0.2) is 0 Å². The first-order valence-corrected chi connectivity index (χ1v) is 13.3. The number of hydrogen-bond acceptors (Lipinski definition) is 9. The van der Waals surface area contributed by atoms with E-state index in [1.807, 2.05) is 13.0 Å². The standard InChI is InChI=1S/C22H30N2O4S3/c1-4-9-18-16(11-12-17(15(3)25)20(18)27)14-30-22-24-23-21(31-22)29-13-8-6-7-10-19(26)28-5-2/h11-12,27H,4-10,13-14H2,1-3H3. The van der Waals surface area contributed by atoms with E-state index in [2.05, 4.69) is 17.1 Å². The van der Waals surface area contributed by atoms with E-state index in [1.165, 1.54) is 6.92 Å². The summed E-state index contributed by atoms with van der Waals surface area (Å²) in [6, 6.07) is 3.64. The molecule has 0 saturated carbocycles. The van der Waals surface area contributed by atoms with Gasteiger partial charge in [-0.3, -0.25) is 9.59 Å². The van der Waals surface area contributed by atoms with Crippen LogP contribution in [-0.4, -0.2) is 39.4 Å². The van der Waals surface area contributed by atoms with Gasteiger partial charge in [0.2, 0.25) is 0 Å². The molecule has 0 unspecified atom stereocenters. The van der Waals surface area contributed by atoms with Crippen LogP contribution in [0.25, 0.3) is 0 Å². The molecule has 0 spiro atoms. The molecule has 0 aliphatic carbocycles. The van der Waals surface area contributed by atoms with Crippen LogP contribution < -0.4 is 0 Å². The highest BCUT2D eigenvalue weighted by atomic mass is 32.2. The molecule has 0 fully saturated rings. The first-order valence-electron chi connectivity index (χ1n) is 10.6. The molecule has 0 bridgehead atoms. The molecule has 9 heteroatoms. The van der Waals surface area contributed by atoms with Crippen LogP contribution in [0.15, 0.2) is 20.8 Å². The van der Waals surface area contributed by atoms with E-state index in [0.29, 0.717) is 24.3 Å². The summed E-state index contributed by atoms with van der Waals surface area (Å²) in [5, 5.41) is 19.0. The predicted molar refractivity (Wildman–Crippen MR) is 127 cm³/mol. The number of hydrogen-bond donors (Lipinski definition) is 1. The lowest BCUT2D eigenvalue weighted by molar-refractivity contribution is -0.143. The molecular formula is C22H30N2O4S3. The maximum atomic E-state index is 11.7. The van der Waals surface area contributed by atoms with Crippen LogP contribution in [0.2, 0.25) is 0 Å². The third-order valence-corrected chi connectivity index (χ3v) is 7.88. The molecular weight excluding hydrogens is 452 g/mol. The highest BCUT2D eigenvalue weighted by Gasteiger charge is 2.16. The van der Waals surface area contributed by atoms with Gasteiger partial charge in [0.25, 0.3) is 0 Å². The second-order valence-corrected chi connectivity index (χ2v) is 10.5. The molecule has 31 heavy (non-hydrogen) atoms. The highest BCUT2D eigenvalue weighted by molar-refractivity contribution is 8.02. The molecule has 0 saturated heterocycles. The first-order chi connectivity index (χ1) is 15.0. The Morgan fingerprint density at radius 2 is 1.84 bits per heavy atom. The molecule has 0 aliphatic heterocycles. The molecule has 2 rings (SSSR count). The minimum Gasteiger partial charge on any atom is -0.507 e. The largest absolute Gasteiger partial charge is 0.507 e. The smallest absolute Gasteiger partial charge is 0.305 e. The number of benzene rings is 1. The van der Waals surface area contributed by atoms with Crippen LogP contribution in [0.4, 0.5) is 0 Å². The molecule has 0 radical (unpaired) electrons. The van der Waals surface area contributed by atoms with Crippen molar-refractivity contribution >= 4 is 46.6 Å². The summed E-state index contributed by atoms with van der Waals surface area (Å²) in [6.07, 6.45) is 4.98. The van der Waals surface area contributed by atoms with Gasteiger partial charge in [0.15, 0.2) is 14.5 Å². The van der Waals surface area contributed by atoms with Gasteiger partial charge in [-0.15, -0.1) is 10.2 Å². The molecule has 0 atom stereocenters. The summed E-state index contributed by atoms with van der Waals surface area (Å²) in [6.45, 7) is 5.79. The zero-order valence-electron chi connectivity index (χ0n) is 18.3. The highest BCUT2D eigenvalue weighted by Crippen LogP contribution is 2.35. The molecule has 1 N–H and O–H groups in total. The topological polar surface area (TPSA) is 89.4 Å². The minimum absolute atomic E-state index is 0.115. The van der Waals surface area contributed by atoms with E-state index in [1.54, 1.807) is 40.9 Å². The van der Waals surface area contributed by atoms with Crippen LogP contribution in [-0.2, 0) is 21.7 Å². The fourth-order valence-corrected chi connectivity index (χ4v) is 6.13. The van der Waals surface area contributed by atoms with Crippen LogP contribution in [0.5, 0.6) is 5.75 Å². The lowest BCUT2D eigenvalue weighted by atomic mass is 9.98. The Hall–Kier alpha value is -1.58. The fourth-order valence-electron chi connectivity index (χ4n) is 3.02. The first kappa shape index (κ1) is 25.7. The van der Waals surface area contributed by atoms with Crippen molar-refractivity contribution < 1.29 is 19.4 Å². The summed E-state index contributed by atoms with van der Waals surface area (Å²) in [5.74, 6) is 1.49. The van der Waals surface area contributed by atoms with E-state index >= 15 is 0 Å².